The highest BCUT2D eigenvalue weighted by Gasteiger charge is 2.21. The number of aromatic hydroxyl groups is 1. The van der Waals surface area contributed by atoms with Crippen LogP contribution in [0.2, 0.25) is 0 Å². The molecule has 0 spiro atoms. The first-order valence-electron chi connectivity index (χ1n) is 10.8. The summed E-state index contributed by atoms with van der Waals surface area (Å²) in [5, 5.41) is 22.5. The number of nitrogens with zero attached hydrogens (tertiary/aromatic N) is 7. The molecular formula is C22H20N10O2. The average Bonchev–Trinajstić information content (AvgIpc) is 3.20. The largest absolute Gasteiger partial charge is 0.493 e. The summed E-state index contributed by atoms with van der Waals surface area (Å²) in [4.78, 5) is 30.3. The molecular weight excluding hydrogens is 436 g/mol. The predicted molar refractivity (Wildman–Crippen MR) is 122 cm³/mol. The Morgan fingerprint density at radius 2 is 2.06 bits per heavy atom. The molecule has 6 rings (SSSR count). The number of anilines is 1. The summed E-state index contributed by atoms with van der Waals surface area (Å²) >= 11 is 0. The molecule has 12 nitrogen and oxygen atoms in total. The van der Waals surface area contributed by atoms with Crippen LogP contribution < -0.4 is 21.8 Å². The van der Waals surface area contributed by atoms with Gasteiger partial charge in [0, 0.05) is 24.2 Å². The number of imidazole rings is 1. The second-order valence-corrected chi connectivity index (χ2v) is 7.96. The molecule has 170 valence electrons. The minimum Gasteiger partial charge on any atom is -0.493 e. The average molecular weight is 456 g/mol. The van der Waals surface area contributed by atoms with Crippen molar-refractivity contribution in [3.8, 4) is 11.6 Å². The van der Waals surface area contributed by atoms with Crippen molar-refractivity contribution in [2.45, 2.75) is 25.4 Å². The molecule has 0 saturated heterocycles. The number of rotatable bonds is 6. The summed E-state index contributed by atoms with van der Waals surface area (Å²) in [6.45, 7) is 0.466. The fraction of sp³-hybridized carbons (Fsp3) is 0.182. The molecule has 4 heterocycles. The van der Waals surface area contributed by atoms with Crippen LogP contribution in [0.1, 0.15) is 24.1 Å². The molecule has 1 aliphatic rings. The van der Waals surface area contributed by atoms with E-state index in [2.05, 4.69) is 40.4 Å². The molecule has 4 aromatic heterocycles. The van der Waals surface area contributed by atoms with Gasteiger partial charge in [0.1, 0.15) is 5.69 Å². The lowest BCUT2D eigenvalue weighted by Gasteiger charge is -2.10. The Bertz CT molecular complexity index is 1660. The third-order valence-electron chi connectivity index (χ3n) is 5.44. The second kappa shape index (κ2) is 7.99. The zero-order valence-corrected chi connectivity index (χ0v) is 17.9. The molecule has 0 unspecified atom stereocenters. The Labute approximate surface area is 191 Å². The van der Waals surface area contributed by atoms with E-state index >= 15 is 0 Å². The van der Waals surface area contributed by atoms with Gasteiger partial charge in [0.2, 0.25) is 11.8 Å². The van der Waals surface area contributed by atoms with E-state index in [1.165, 1.54) is 0 Å². The van der Waals surface area contributed by atoms with Gasteiger partial charge in [-0.1, -0.05) is 18.2 Å². The van der Waals surface area contributed by atoms with Gasteiger partial charge in [-0.3, -0.25) is 4.98 Å². The lowest BCUT2D eigenvalue weighted by atomic mass is 10.2. The topological polar surface area (TPSA) is 154 Å². The third-order valence-corrected chi connectivity index (χ3v) is 5.44. The maximum atomic E-state index is 11.5. The van der Waals surface area contributed by atoms with E-state index in [0.717, 1.165) is 24.1 Å². The van der Waals surface area contributed by atoms with Crippen molar-refractivity contribution < 1.29 is 5.11 Å². The van der Waals surface area contributed by atoms with Crippen LogP contribution in [0, 0.1) is 0 Å². The number of nitrogens with one attached hydrogen (secondary N) is 3. The Morgan fingerprint density at radius 3 is 2.82 bits per heavy atom. The lowest BCUT2D eigenvalue weighted by molar-refractivity contribution is 0.454. The standard InChI is InChI=1S/C22H20N10O2/c33-19-16(27-22(34)29-19)10-14-12-25-32-18(14)28-20(30-21(32)26-15-6-7-15)23-11-13-4-1-2-5-17(13)31-9-3-8-24-31/h1-5,8-10,12,15,33H,6-7,11H2,(H,23,26,30)(H2,27,29,34)/b14-10+. The summed E-state index contributed by atoms with van der Waals surface area (Å²) in [6.07, 6.45) is 8.86. The van der Waals surface area contributed by atoms with Crippen molar-refractivity contribution in [2.75, 3.05) is 5.32 Å². The van der Waals surface area contributed by atoms with Gasteiger partial charge in [0.15, 0.2) is 5.65 Å². The van der Waals surface area contributed by atoms with Gasteiger partial charge < -0.3 is 15.4 Å². The van der Waals surface area contributed by atoms with E-state index in [-0.39, 0.29) is 17.6 Å². The molecule has 34 heavy (non-hydrogen) atoms. The summed E-state index contributed by atoms with van der Waals surface area (Å²) < 4.78 is 3.37. The van der Waals surface area contributed by atoms with Gasteiger partial charge in [-0.2, -0.15) is 24.7 Å². The maximum Gasteiger partial charge on any atom is 0.326 e. The van der Waals surface area contributed by atoms with Crippen molar-refractivity contribution in [3.05, 3.63) is 81.5 Å². The molecule has 1 saturated carbocycles. The van der Waals surface area contributed by atoms with E-state index in [1.807, 2.05) is 41.2 Å². The molecule has 0 bridgehead atoms. The van der Waals surface area contributed by atoms with Crippen LogP contribution in [0.5, 0.6) is 5.88 Å². The highest BCUT2D eigenvalue weighted by atomic mass is 16.3. The van der Waals surface area contributed by atoms with Crippen LogP contribution in [-0.2, 0) is 6.54 Å². The van der Waals surface area contributed by atoms with Crippen molar-refractivity contribution in [1.82, 2.24) is 39.3 Å². The van der Waals surface area contributed by atoms with E-state index < -0.39 is 5.69 Å². The summed E-state index contributed by atoms with van der Waals surface area (Å²) in [5.41, 5.74) is 2.65. The monoisotopic (exact) mass is 456 g/mol. The van der Waals surface area contributed by atoms with Crippen molar-refractivity contribution >= 4 is 17.7 Å². The first-order valence-corrected chi connectivity index (χ1v) is 10.8. The van der Waals surface area contributed by atoms with Gasteiger partial charge in [0.25, 0.3) is 5.62 Å². The van der Waals surface area contributed by atoms with Gasteiger partial charge in [-0.25, -0.2) is 14.5 Å². The quantitative estimate of drug-likeness (QED) is 0.286. The third kappa shape index (κ3) is 3.81. The summed E-state index contributed by atoms with van der Waals surface area (Å²) in [5.74, 6) is 0.138. The van der Waals surface area contributed by atoms with Crippen LogP contribution >= 0.6 is 0 Å². The van der Waals surface area contributed by atoms with Crippen LogP contribution in [-0.4, -0.2) is 50.5 Å². The van der Waals surface area contributed by atoms with E-state index in [4.69, 9.17) is 0 Å². The van der Waals surface area contributed by atoms with Gasteiger partial charge in [0.05, 0.1) is 17.9 Å². The molecule has 0 radical (unpaired) electrons. The Balaban J connectivity index is 1.41. The highest BCUT2D eigenvalue weighted by Crippen LogP contribution is 2.22. The van der Waals surface area contributed by atoms with E-state index in [1.54, 1.807) is 23.0 Å². The normalized spacial score (nSPS) is 14.8. The minimum atomic E-state index is -0.502. The van der Waals surface area contributed by atoms with Crippen molar-refractivity contribution in [2.24, 2.45) is 4.99 Å². The Hall–Kier alpha value is -4.74. The molecule has 0 aliphatic heterocycles. The fourth-order valence-corrected chi connectivity index (χ4v) is 3.63. The van der Waals surface area contributed by atoms with Gasteiger partial charge in [-0.05, 0) is 36.6 Å². The molecule has 1 aliphatic carbocycles. The minimum absolute atomic E-state index is 0.230. The Morgan fingerprint density at radius 1 is 1.18 bits per heavy atom. The summed E-state index contributed by atoms with van der Waals surface area (Å²) in [6, 6.07) is 10.0. The number of aromatic nitrogens is 8. The lowest BCUT2D eigenvalue weighted by Crippen LogP contribution is -2.25. The number of H-pyrrole nitrogens is 2. The number of hydrogen-bond donors (Lipinski definition) is 4. The molecule has 4 N–H and O–H groups in total. The van der Waals surface area contributed by atoms with Crippen molar-refractivity contribution in [3.63, 3.8) is 0 Å². The zero-order valence-electron chi connectivity index (χ0n) is 17.9. The van der Waals surface area contributed by atoms with Gasteiger partial charge in [-0.15, -0.1) is 0 Å². The molecule has 12 heteroatoms. The zero-order chi connectivity index (χ0) is 23.1. The molecule has 0 atom stereocenters. The number of para-hydroxylation sites is 1. The Kier molecular flexibility index (Phi) is 4.68. The SMILES string of the molecule is O=c1[nH]c(O)c(/C=c2\cnn3c(=NC4CC4)nc(NCc4ccccc4-n4cccn4)nc23)[nH]1. The molecule has 1 fully saturated rings. The van der Waals surface area contributed by atoms with Crippen LogP contribution in [0.25, 0.3) is 17.4 Å². The molecule has 1 aromatic carbocycles. The number of hydrogen-bond acceptors (Lipinski definition) is 8. The first-order chi connectivity index (χ1) is 16.6. The van der Waals surface area contributed by atoms with Crippen LogP contribution in [0.15, 0.2) is 58.7 Å². The number of benzene rings is 1. The predicted octanol–water partition coefficient (Wildman–Crippen LogP) is 0.255. The van der Waals surface area contributed by atoms with Crippen LogP contribution in [0.4, 0.5) is 5.95 Å². The van der Waals surface area contributed by atoms with Crippen molar-refractivity contribution in [1.29, 1.82) is 0 Å². The highest BCUT2D eigenvalue weighted by molar-refractivity contribution is 5.57. The van der Waals surface area contributed by atoms with Gasteiger partial charge >= 0.3 is 5.69 Å². The maximum absolute atomic E-state index is 11.5. The second-order valence-electron chi connectivity index (χ2n) is 7.96. The van der Waals surface area contributed by atoms with E-state index in [9.17, 15) is 9.90 Å². The summed E-state index contributed by atoms with van der Waals surface area (Å²) in [7, 11) is 0. The molecule has 0 amide bonds. The first kappa shape index (κ1) is 19.9. The number of fused-ring (bicyclic) bond motifs is 1. The van der Waals surface area contributed by atoms with Crippen LogP contribution in [0.3, 0.4) is 0 Å². The fourth-order valence-electron chi connectivity index (χ4n) is 3.63. The van der Waals surface area contributed by atoms with E-state index in [0.29, 0.717) is 29.0 Å². The molecule has 5 aromatic rings. The number of aromatic amines is 2. The smallest absolute Gasteiger partial charge is 0.326 e.